The van der Waals surface area contributed by atoms with E-state index in [1.165, 1.54) is 6.07 Å². The molecule has 0 unspecified atom stereocenters. The van der Waals surface area contributed by atoms with E-state index >= 15 is 0 Å². The minimum atomic E-state index is -0.299. The molecule has 0 aliphatic heterocycles. The first-order valence-electron chi connectivity index (χ1n) is 5.37. The van der Waals surface area contributed by atoms with Crippen molar-refractivity contribution in [2.24, 2.45) is 0 Å². The normalized spacial score (nSPS) is 10.5. The molecule has 0 fully saturated rings. The maximum atomic E-state index is 13.8. The van der Waals surface area contributed by atoms with Gasteiger partial charge in [-0.2, -0.15) is 0 Å². The number of anilines is 1. The second kappa shape index (κ2) is 4.55. The second-order valence-electron chi connectivity index (χ2n) is 4.05. The van der Waals surface area contributed by atoms with Gasteiger partial charge in [-0.3, -0.25) is 0 Å². The molecule has 88 valence electrons. The van der Waals surface area contributed by atoms with Crippen molar-refractivity contribution in [1.82, 2.24) is 0 Å². The summed E-state index contributed by atoms with van der Waals surface area (Å²) < 4.78 is 13.8. The first-order chi connectivity index (χ1) is 8.11. The van der Waals surface area contributed by atoms with Gasteiger partial charge < -0.3 is 10.8 Å². The van der Waals surface area contributed by atoms with E-state index in [0.717, 1.165) is 16.7 Å². The number of nitrogens with two attached hydrogens (primary N) is 1. The zero-order chi connectivity index (χ0) is 12.4. The van der Waals surface area contributed by atoms with Crippen LogP contribution in [0.15, 0.2) is 36.4 Å². The predicted octanol–water partition coefficient (Wildman–Crippen LogP) is 2.88. The number of rotatable bonds is 2. The monoisotopic (exact) mass is 231 g/mol. The fourth-order valence-corrected chi connectivity index (χ4v) is 1.75. The van der Waals surface area contributed by atoms with Gasteiger partial charge in [0.1, 0.15) is 5.82 Å². The van der Waals surface area contributed by atoms with Crippen LogP contribution in [0, 0.1) is 12.7 Å². The summed E-state index contributed by atoms with van der Waals surface area (Å²) in [6.45, 7) is 1.71. The number of nitrogen functional groups attached to an aromatic ring is 1. The van der Waals surface area contributed by atoms with Crippen LogP contribution in [0.25, 0.3) is 11.1 Å². The van der Waals surface area contributed by atoms with Crippen LogP contribution in [0.2, 0.25) is 0 Å². The van der Waals surface area contributed by atoms with E-state index in [2.05, 4.69) is 0 Å². The Morgan fingerprint density at radius 3 is 2.71 bits per heavy atom. The molecule has 0 aromatic heterocycles. The maximum absolute atomic E-state index is 13.8. The Labute approximate surface area is 99.5 Å². The van der Waals surface area contributed by atoms with Crippen LogP contribution in [0.3, 0.4) is 0 Å². The Kier molecular flexibility index (Phi) is 3.11. The average molecular weight is 231 g/mol. The molecule has 2 aromatic carbocycles. The van der Waals surface area contributed by atoms with Gasteiger partial charge in [-0.1, -0.05) is 18.2 Å². The molecule has 0 aliphatic rings. The summed E-state index contributed by atoms with van der Waals surface area (Å²) in [5.41, 5.74) is 9.01. The smallest absolute Gasteiger partial charge is 0.131 e. The molecule has 2 aromatic rings. The molecule has 0 saturated carbocycles. The van der Waals surface area contributed by atoms with Crippen molar-refractivity contribution in [2.45, 2.75) is 13.5 Å². The molecule has 0 saturated heterocycles. The van der Waals surface area contributed by atoms with E-state index < -0.39 is 0 Å². The Balaban J connectivity index is 2.56. The Bertz CT molecular complexity index is 552. The molecule has 17 heavy (non-hydrogen) atoms. The van der Waals surface area contributed by atoms with E-state index in [-0.39, 0.29) is 12.4 Å². The number of aliphatic hydroxyl groups is 1. The molecule has 0 bridgehead atoms. The van der Waals surface area contributed by atoms with Crippen molar-refractivity contribution < 1.29 is 9.50 Å². The summed E-state index contributed by atoms with van der Waals surface area (Å²) in [6.07, 6.45) is 0. The highest BCUT2D eigenvalue weighted by Crippen LogP contribution is 2.27. The molecule has 0 amide bonds. The number of halogens is 1. The van der Waals surface area contributed by atoms with Crippen LogP contribution in [0.5, 0.6) is 0 Å². The third kappa shape index (κ3) is 2.29. The number of benzene rings is 2. The van der Waals surface area contributed by atoms with Gasteiger partial charge in [0, 0.05) is 11.3 Å². The molecule has 0 spiro atoms. The van der Waals surface area contributed by atoms with Gasteiger partial charge in [0.15, 0.2) is 0 Å². The Morgan fingerprint density at radius 2 is 2.00 bits per heavy atom. The van der Waals surface area contributed by atoms with Crippen molar-refractivity contribution in [1.29, 1.82) is 0 Å². The summed E-state index contributed by atoms with van der Waals surface area (Å²) in [5.74, 6) is -0.299. The van der Waals surface area contributed by atoms with Gasteiger partial charge in [-0.05, 0) is 41.8 Å². The number of hydrogen-bond donors (Lipinski definition) is 2. The Morgan fingerprint density at radius 1 is 1.24 bits per heavy atom. The lowest BCUT2D eigenvalue weighted by Gasteiger charge is -2.08. The average Bonchev–Trinajstić information content (AvgIpc) is 2.34. The first-order valence-corrected chi connectivity index (χ1v) is 5.37. The van der Waals surface area contributed by atoms with Gasteiger partial charge in [0.25, 0.3) is 0 Å². The molecule has 2 nitrogen and oxygen atoms in total. The second-order valence-corrected chi connectivity index (χ2v) is 4.05. The van der Waals surface area contributed by atoms with Crippen molar-refractivity contribution in [3.8, 4) is 11.1 Å². The predicted molar refractivity (Wildman–Crippen MR) is 66.9 cm³/mol. The van der Waals surface area contributed by atoms with Crippen LogP contribution < -0.4 is 5.73 Å². The van der Waals surface area contributed by atoms with Crippen molar-refractivity contribution in [2.75, 3.05) is 5.73 Å². The van der Waals surface area contributed by atoms with Crippen LogP contribution in [-0.2, 0) is 6.61 Å². The lowest BCUT2D eigenvalue weighted by atomic mass is 10.0. The largest absolute Gasteiger partial charge is 0.398 e. The summed E-state index contributed by atoms with van der Waals surface area (Å²) in [5, 5.41) is 9.06. The summed E-state index contributed by atoms with van der Waals surface area (Å²) in [4.78, 5) is 0. The number of aryl methyl sites for hydroxylation is 1. The molecule has 0 heterocycles. The van der Waals surface area contributed by atoms with Crippen molar-refractivity contribution in [3.05, 3.63) is 53.3 Å². The molecule has 0 aliphatic carbocycles. The minimum Gasteiger partial charge on any atom is -0.398 e. The summed E-state index contributed by atoms with van der Waals surface area (Å²) in [6, 6.07) is 10.2. The molecular weight excluding hydrogens is 217 g/mol. The van der Waals surface area contributed by atoms with E-state index in [1.54, 1.807) is 37.3 Å². The van der Waals surface area contributed by atoms with Gasteiger partial charge in [-0.15, -0.1) is 0 Å². The molecule has 3 heteroatoms. The zero-order valence-electron chi connectivity index (χ0n) is 9.57. The zero-order valence-corrected chi connectivity index (χ0v) is 9.57. The number of hydrogen-bond acceptors (Lipinski definition) is 2. The van der Waals surface area contributed by atoms with E-state index in [9.17, 15) is 4.39 Å². The van der Waals surface area contributed by atoms with Crippen LogP contribution in [0.4, 0.5) is 10.1 Å². The fourth-order valence-electron chi connectivity index (χ4n) is 1.75. The lowest BCUT2D eigenvalue weighted by molar-refractivity contribution is 0.282. The minimum absolute atomic E-state index is 0.0587. The molecule has 0 atom stereocenters. The van der Waals surface area contributed by atoms with Crippen molar-refractivity contribution >= 4 is 5.69 Å². The van der Waals surface area contributed by atoms with Crippen molar-refractivity contribution in [3.63, 3.8) is 0 Å². The third-order valence-corrected chi connectivity index (χ3v) is 2.78. The quantitative estimate of drug-likeness (QED) is 0.781. The van der Waals surface area contributed by atoms with Crippen LogP contribution >= 0.6 is 0 Å². The van der Waals surface area contributed by atoms with E-state index in [0.29, 0.717) is 11.3 Å². The lowest BCUT2D eigenvalue weighted by Crippen LogP contribution is -1.94. The maximum Gasteiger partial charge on any atom is 0.131 e. The summed E-state index contributed by atoms with van der Waals surface area (Å²) >= 11 is 0. The molecule has 2 rings (SSSR count). The van der Waals surface area contributed by atoms with E-state index in [1.807, 2.05) is 0 Å². The number of aliphatic hydroxyl groups excluding tert-OH is 1. The first kappa shape index (κ1) is 11.6. The topological polar surface area (TPSA) is 46.2 Å². The highest BCUT2D eigenvalue weighted by Gasteiger charge is 2.08. The van der Waals surface area contributed by atoms with Crippen LogP contribution in [-0.4, -0.2) is 5.11 Å². The fraction of sp³-hybridized carbons (Fsp3) is 0.143. The molecular formula is C14H14FNO. The van der Waals surface area contributed by atoms with Crippen LogP contribution in [0.1, 0.15) is 11.1 Å². The van der Waals surface area contributed by atoms with Gasteiger partial charge in [-0.25, -0.2) is 4.39 Å². The Hall–Kier alpha value is -1.87. The highest BCUT2D eigenvalue weighted by atomic mass is 19.1. The SMILES string of the molecule is Cc1cc(F)c(-c2cccc(CO)c2)cc1N. The molecule has 3 N–H and O–H groups in total. The van der Waals surface area contributed by atoms with Gasteiger partial charge in [0.05, 0.1) is 6.61 Å². The molecule has 0 radical (unpaired) electrons. The standard InChI is InChI=1S/C14H14FNO/c1-9-5-13(15)12(7-14(9)16)11-4-2-3-10(6-11)8-17/h2-7,17H,8,16H2,1H3. The van der Waals surface area contributed by atoms with Gasteiger partial charge >= 0.3 is 0 Å². The highest BCUT2D eigenvalue weighted by molar-refractivity contribution is 5.70. The van der Waals surface area contributed by atoms with E-state index in [4.69, 9.17) is 10.8 Å². The summed E-state index contributed by atoms with van der Waals surface area (Å²) in [7, 11) is 0. The third-order valence-electron chi connectivity index (χ3n) is 2.78. The van der Waals surface area contributed by atoms with Gasteiger partial charge in [0.2, 0.25) is 0 Å².